The van der Waals surface area contributed by atoms with Gasteiger partial charge in [0.2, 0.25) is 0 Å². The average molecular weight is 377 g/mol. The Morgan fingerprint density at radius 1 is 1.33 bits per heavy atom. The van der Waals surface area contributed by atoms with Crippen molar-refractivity contribution in [3.05, 3.63) is 33.8 Å². The lowest BCUT2D eigenvalue weighted by Gasteiger charge is -2.31. The number of halogens is 2. The number of rotatable bonds is 5. The number of benzene rings is 1. The molecule has 0 bridgehead atoms. The smallest absolute Gasteiger partial charge is 0.251 e. The summed E-state index contributed by atoms with van der Waals surface area (Å²) in [7, 11) is 0. The summed E-state index contributed by atoms with van der Waals surface area (Å²) in [6, 6.07) is 5.67. The molecule has 0 saturated carbocycles. The highest BCUT2D eigenvalue weighted by Crippen LogP contribution is 2.21. The van der Waals surface area contributed by atoms with Crippen LogP contribution in [-0.4, -0.2) is 16.8 Å². The molecule has 100 valence electrons. The molecule has 18 heavy (non-hydrogen) atoms. The Hall–Kier alpha value is -0.350. The van der Waals surface area contributed by atoms with E-state index in [1.807, 2.05) is 25.1 Å². The van der Waals surface area contributed by atoms with Crippen LogP contribution in [-0.2, 0) is 0 Å². The summed E-state index contributed by atoms with van der Waals surface area (Å²) >= 11 is 6.94. The molecule has 0 spiro atoms. The van der Waals surface area contributed by atoms with Crippen molar-refractivity contribution in [3.8, 4) is 0 Å². The first-order chi connectivity index (χ1) is 8.48. The number of carbonyl (C=O) groups excluding carboxylic acids is 1. The minimum atomic E-state index is -0.155. The maximum atomic E-state index is 12.3. The highest BCUT2D eigenvalue weighted by molar-refractivity contribution is 9.10. The van der Waals surface area contributed by atoms with Gasteiger partial charge in [-0.15, -0.1) is 0 Å². The number of hydrogen-bond donors (Lipinski definition) is 1. The molecule has 2 nitrogen and oxygen atoms in total. The molecule has 0 radical (unpaired) electrons. The van der Waals surface area contributed by atoms with E-state index in [1.54, 1.807) is 0 Å². The molecule has 0 heterocycles. The molecule has 4 heteroatoms. The van der Waals surface area contributed by atoms with Gasteiger partial charge < -0.3 is 5.32 Å². The Bertz CT molecular complexity index is 420. The molecule has 1 aromatic rings. The summed E-state index contributed by atoms with van der Waals surface area (Å²) in [6.07, 6.45) is 1.83. The summed E-state index contributed by atoms with van der Waals surface area (Å²) in [5.74, 6) is -0.00579. The van der Waals surface area contributed by atoms with Gasteiger partial charge >= 0.3 is 0 Å². The molecule has 0 aliphatic rings. The number of aryl methyl sites for hydroxylation is 1. The summed E-state index contributed by atoms with van der Waals surface area (Å²) in [5, 5.41) is 3.91. The molecule has 0 atom stereocenters. The van der Waals surface area contributed by atoms with Crippen LogP contribution in [0.5, 0.6) is 0 Å². The van der Waals surface area contributed by atoms with E-state index in [-0.39, 0.29) is 11.4 Å². The third kappa shape index (κ3) is 3.58. The van der Waals surface area contributed by atoms with Crippen LogP contribution in [0.4, 0.5) is 0 Å². The van der Waals surface area contributed by atoms with Crippen molar-refractivity contribution in [3.63, 3.8) is 0 Å². The number of hydrogen-bond acceptors (Lipinski definition) is 1. The van der Waals surface area contributed by atoms with Crippen LogP contribution >= 0.6 is 31.9 Å². The first-order valence-electron chi connectivity index (χ1n) is 6.12. The van der Waals surface area contributed by atoms with Crippen molar-refractivity contribution < 1.29 is 4.79 Å². The van der Waals surface area contributed by atoms with Gasteiger partial charge in [0, 0.05) is 20.9 Å². The fraction of sp³-hybridized carbons (Fsp3) is 0.500. The SMILES string of the molecule is CCC(CC)(CBr)NC(=O)c1ccc(Br)c(C)c1. The van der Waals surface area contributed by atoms with E-state index in [4.69, 9.17) is 0 Å². The summed E-state index contributed by atoms with van der Waals surface area (Å²) < 4.78 is 1.02. The molecule has 1 amide bonds. The molecular formula is C14H19Br2NO. The Balaban J connectivity index is 2.90. The van der Waals surface area contributed by atoms with Gasteiger partial charge in [-0.25, -0.2) is 0 Å². The van der Waals surface area contributed by atoms with Crippen molar-refractivity contribution in [2.24, 2.45) is 0 Å². The second-order valence-electron chi connectivity index (χ2n) is 4.54. The highest BCUT2D eigenvalue weighted by atomic mass is 79.9. The molecule has 1 rings (SSSR count). The lowest BCUT2D eigenvalue weighted by Crippen LogP contribution is -2.49. The van der Waals surface area contributed by atoms with E-state index < -0.39 is 0 Å². The Labute approximate surface area is 126 Å². The maximum absolute atomic E-state index is 12.3. The minimum absolute atomic E-state index is 0.00579. The van der Waals surface area contributed by atoms with Gasteiger partial charge in [0.1, 0.15) is 0 Å². The molecule has 1 N–H and O–H groups in total. The number of carbonyl (C=O) groups is 1. The van der Waals surface area contributed by atoms with E-state index in [0.29, 0.717) is 5.56 Å². The van der Waals surface area contributed by atoms with Crippen LogP contribution in [0.15, 0.2) is 22.7 Å². The lowest BCUT2D eigenvalue weighted by molar-refractivity contribution is 0.0903. The zero-order valence-electron chi connectivity index (χ0n) is 11.0. The Morgan fingerprint density at radius 2 is 1.94 bits per heavy atom. The molecule has 0 unspecified atom stereocenters. The fourth-order valence-electron chi connectivity index (χ4n) is 1.75. The largest absolute Gasteiger partial charge is 0.346 e. The lowest BCUT2D eigenvalue weighted by atomic mass is 9.95. The van der Waals surface area contributed by atoms with Crippen LogP contribution < -0.4 is 5.32 Å². The van der Waals surface area contributed by atoms with Crippen molar-refractivity contribution in [1.29, 1.82) is 0 Å². The van der Waals surface area contributed by atoms with Crippen LogP contribution in [0, 0.1) is 6.92 Å². The highest BCUT2D eigenvalue weighted by Gasteiger charge is 2.27. The third-order valence-electron chi connectivity index (χ3n) is 3.41. The molecule has 0 saturated heterocycles. The van der Waals surface area contributed by atoms with E-state index in [2.05, 4.69) is 51.0 Å². The Kier molecular flexibility index (Phi) is 5.86. The second kappa shape index (κ2) is 6.71. The van der Waals surface area contributed by atoms with Crippen molar-refractivity contribution in [2.75, 3.05) is 5.33 Å². The number of alkyl halides is 1. The van der Waals surface area contributed by atoms with Gasteiger partial charge in [0.05, 0.1) is 0 Å². The van der Waals surface area contributed by atoms with E-state index in [0.717, 1.165) is 28.2 Å². The predicted octanol–water partition coefficient (Wildman–Crippen LogP) is 4.44. The van der Waals surface area contributed by atoms with Crippen LogP contribution in [0.3, 0.4) is 0 Å². The van der Waals surface area contributed by atoms with E-state index in [9.17, 15) is 4.79 Å². The number of nitrogens with one attached hydrogen (secondary N) is 1. The van der Waals surface area contributed by atoms with Crippen LogP contribution in [0.25, 0.3) is 0 Å². The van der Waals surface area contributed by atoms with Crippen molar-refractivity contribution >= 4 is 37.8 Å². The molecule has 0 aromatic heterocycles. The first-order valence-corrected chi connectivity index (χ1v) is 8.04. The Morgan fingerprint density at radius 3 is 2.39 bits per heavy atom. The molecule has 0 fully saturated rings. The molecule has 0 aliphatic heterocycles. The van der Waals surface area contributed by atoms with Gasteiger partial charge in [0.15, 0.2) is 0 Å². The fourth-order valence-corrected chi connectivity index (χ4v) is 2.93. The average Bonchev–Trinajstić information content (AvgIpc) is 2.39. The quantitative estimate of drug-likeness (QED) is 0.756. The van der Waals surface area contributed by atoms with Gasteiger partial charge in [-0.1, -0.05) is 45.7 Å². The van der Waals surface area contributed by atoms with Gasteiger partial charge in [-0.2, -0.15) is 0 Å². The summed E-state index contributed by atoms with van der Waals surface area (Å²) in [5.41, 5.74) is 1.63. The topological polar surface area (TPSA) is 29.1 Å². The zero-order valence-corrected chi connectivity index (χ0v) is 14.2. The van der Waals surface area contributed by atoms with Crippen LogP contribution in [0.2, 0.25) is 0 Å². The minimum Gasteiger partial charge on any atom is -0.346 e. The normalized spacial score (nSPS) is 11.4. The first kappa shape index (κ1) is 15.7. The predicted molar refractivity (Wildman–Crippen MR) is 83.5 cm³/mol. The van der Waals surface area contributed by atoms with Crippen LogP contribution in [0.1, 0.15) is 42.6 Å². The van der Waals surface area contributed by atoms with Gasteiger partial charge in [-0.3, -0.25) is 4.79 Å². The van der Waals surface area contributed by atoms with E-state index >= 15 is 0 Å². The molecule has 0 aliphatic carbocycles. The second-order valence-corrected chi connectivity index (χ2v) is 5.95. The monoisotopic (exact) mass is 375 g/mol. The number of amides is 1. The molecular weight excluding hydrogens is 358 g/mol. The van der Waals surface area contributed by atoms with Gasteiger partial charge in [0.25, 0.3) is 5.91 Å². The summed E-state index contributed by atoms with van der Waals surface area (Å²) in [6.45, 7) is 6.17. The molecule has 1 aromatic carbocycles. The third-order valence-corrected chi connectivity index (χ3v) is 5.37. The standard InChI is InChI=1S/C14H19Br2NO/c1-4-14(5-2,9-15)17-13(18)11-6-7-12(16)10(3)8-11/h6-8H,4-5,9H2,1-3H3,(H,17,18). The van der Waals surface area contributed by atoms with E-state index in [1.165, 1.54) is 0 Å². The summed E-state index contributed by atoms with van der Waals surface area (Å²) in [4.78, 5) is 12.3. The van der Waals surface area contributed by atoms with Crippen molar-refractivity contribution in [2.45, 2.75) is 39.2 Å². The zero-order chi connectivity index (χ0) is 13.8. The van der Waals surface area contributed by atoms with Gasteiger partial charge in [-0.05, 0) is 43.5 Å². The maximum Gasteiger partial charge on any atom is 0.251 e. The van der Waals surface area contributed by atoms with Crippen molar-refractivity contribution in [1.82, 2.24) is 5.32 Å².